The Hall–Kier alpha value is -1.99. The number of benzene rings is 1. The molecule has 2 aliphatic heterocycles. The van der Waals surface area contributed by atoms with Crippen LogP contribution in [-0.2, 0) is 9.59 Å². The lowest BCUT2D eigenvalue weighted by atomic mass is 9.94. The summed E-state index contributed by atoms with van der Waals surface area (Å²) in [6.07, 6.45) is 0.0746. The largest absolute Gasteiger partial charge is 0.367 e. The van der Waals surface area contributed by atoms with Gasteiger partial charge in [0.05, 0.1) is 21.7 Å². The number of imide groups is 1. The molecule has 2 atom stereocenters. The molecule has 0 aromatic heterocycles. The molecule has 0 aliphatic carbocycles. The lowest BCUT2D eigenvalue weighted by molar-refractivity contribution is -0.137. The van der Waals surface area contributed by atoms with Gasteiger partial charge in [-0.15, -0.1) is 0 Å². The van der Waals surface area contributed by atoms with Crippen LogP contribution < -0.4 is 15.5 Å². The van der Waals surface area contributed by atoms with Crippen molar-refractivity contribution < 1.29 is 14.4 Å². The molecule has 1 aromatic carbocycles. The van der Waals surface area contributed by atoms with E-state index in [4.69, 9.17) is 23.2 Å². The maximum Gasteiger partial charge on any atom is 0.321 e. The number of urea groups is 1. The van der Waals surface area contributed by atoms with E-state index in [9.17, 15) is 14.4 Å². The minimum absolute atomic E-state index is 0.0746. The van der Waals surface area contributed by atoms with E-state index >= 15 is 0 Å². The smallest absolute Gasteiger partial charge is 0.321 e. The van der Waals surface area contributed by atoms with E-state index in [-0.39, 0.29) is 18.4 Å². The predicted octanol–water partition coefficient (Wildman–Crippen LogP) is 1.88. The Morgan fingerprint density at radius 1 is 1.19 bits per heavy atom. The summed E-state index contributed by atoms with van der Waals surface area (Å²) < 4.78 is 0. The first-order valence-electron chi connectivity index (χ1n) is 8.45. The van der Waals surface area contributed by atoms with Crippen LogP contribution in [0.25, 0.3) is 0 Å². The molecule has 7 nitrogen and oxygen atoms in total. The zero-order chi connectivity index (χ0) is 18.8. The number of nitrogens with zero attached hydrogens (tertiary/aromatic N) is 2. The molecule has 9 heteroatoms. The van der Waals surface area contributed by atoms with E-state index in [0.717, 1.165) is 5.69 Å². The van der Waals surface area contributed by atoms with E-state index in [1.165, 1.54) is 0 Å². The van der Waals surface area contributed by atoms with Crippen LogP contribution in [0.3, 0.4) is 0 Å². The first-order chi connectivity index (χ1) is 12.4. The summed E-state index contributed by atoms with van der Waals surface area (Å²) in [5.41, 5.74) is 0.856. The Balaban J connectivity index is 1.58. The lowest BCUT2D eigenvalue weighted by Crippen LogP contribution is -2.58. The maximum absolute atomic E-state index is 12.6. The first kappa shape index (κ1) is 18.8. The number of carbonyl (C=O) groups is 3. The normalized spacial score (nSPS) is 23.5. The molecule has 0 saturated carbocycles. The zero-order valence-electron chi connectivity index (χ0n) is 14.3. The minimum atomic E-state index is -0.555. The van der Waals surface area contributed by atoms with Gasteiger partial charge in [0.25, 0.3) is 0 Å². The van der Waals surface area contributed by atoms with Crippen LogP contribution in [0.15, 0.2) is 18.2 Å². The van der Waals surface area contributed by atoms with Crippen LogP contribution in [0.4, 0.5) is 10.5 Å². The number of halogens is 2. The molecular weight excluding hydrogens is 379 g/mol. The van der Waals surface area contributed by atoms with Crippen molar-refractivity contribution in [2.75, 3.05) is 31.1 Å². The van der Waals surface area contributed by atoms with Gasteiger partial charge >= 0.3 is 6.03 Å². The second-order valence-electron chi connectivity index (χ2n) is 6.50. The summed E-state index contributed by atoms with van der Waals surface area (Å²) in [6, 6.07) is 4.60. The van der Waals surface area contributed by atoms with Crippen LogP contribution in [-0.4, -0.2) is 55.0 Å². The molecule has 0 bridgehead atoms. The quantitative estimate of drug-likeness (QED) is 0.813. The van der Waals surface area contributed by atoms with Gasteiger partial charge < -0.3 is 15.1 Å². The van der Waals surface area contributed by atoms with E-state index < -0.39 is 17.9 Å². The van der Waals surface area contributed by atoms with Crippen molar-refractivity contribution in [3.8, 4) is 0 Å². The summed E-state index contributed by atoms with van der Waals surface area (Å²) in [7, 11) is 0. The fraction of sp³-hybridized carbons (Fsp3) is 0.471. The average molecular weight is 399 g/mol. The Bertz CT molecular complexity index is 735. The Morgan fingerprint density at radius 2 is 1.88 bits per heavy atom. The second kappa shape index (κ2) is 7.72. The van der Waals surface area contributed by atoms with Gasteiger partial charge in [0.2, 0.25) is 11.8 Å². The van der Waals surface area contributed by atoms with Gasteiger partial charge in [-0.1, -0.05) is 29.3 Å². The van der Waals surface area contributed by atoms with Gasteiger partial charge in [-0.3, -0.25) is 14.9 Å². The van der Waals surface area contributed by atoms with Crippen molar-refractivity contribution in [2.24, 2.45) is 5.92 Å². The van der Waals surface area contributed by atoms with Gasteiger partial charge in [-0.25, -0.2) is 4.79 Å². The Kier molecular flexibility index (Phi) is 5.58. The van der Waals surface area contributed by atoms with Crippen molar-refractivity contribution in [3.63, 3.8) is 0 Å². The number of nitrogens with one attached hydrogen (secondary N) is 2. The molecule has 2 fully saturated rings. The summed E-state index contributed by atoms with van der Waals surface area (Å²) in [4.78, 5) is 39.6. The molecule has 2 saturated heterocycles. The van der Waals surface area contributed by atoms with Gasteiger partial charge in [0, 0.05) is 38.6 Å². The lowest BCUT2D eigenvalue weighted by Gasteiger charge is -2.37. The number of hydrogen-bond acceptors (Lipinski definition) is 4. The average Bonchev–Trinajstić information content (AvgIpc) is 2.60. The number of amides is 4. The summed E-state index contributed by atoms with van der Waals surface area (Å²) in [5.74, 6) is -1.05. The fourth-order valence-corrected chi connectivity index (χ4v) is 3.71. The van der Waals surface area contributed by atoms with Crippen molar-refractivity contribution >= 4 is 46.7 Å². The van der Waals surface area contributed by atoms with Crippen LogP contribution in [0.2, 0.25) is 10.0 Å². The Labute approximate surface area is 161 Å². The minimum Gasteiger partial charge on any atom is -0.367 e. The molecular formula is C17H20Cl2N4O3. The highest BCUT2D eigenvalue weighted by Gasteiger charge is 2.35. The van der Waals surface area contributed by atoms with Crippen LogP contribution in [0, 0.1) is 5.92 Å². The monoisotopic (exact) mass is 398 g/mol. The fourth-order valence-electron chi connectivity index (χ4n) is 3.30. The molecule has 26 heavy (non-hydrogen) atoms. The van der Waals surface area contributed by atoms with Gasteiger partial charge in [-0.05, 0) is 19.1 Å². The molecule has 2 aliphatic rings. The third kappa shape index (κ3) is 3.88. The number of piperazine rings is 1. The summed E-state index contributed by atoms with van der Waals surface area (Å²) >= 11 is 12.3. The van der Waals surface area contributed by atoms with Gasteiger partial charge in [0.1, 0.15) is 0 Å². The van der Waals surface area contributed by atoms with Crippen molar-refractivity contribution in [3.05, 3.63) is 28.2 Å². The highest BCUT2D eigenvalue weighted by molar-refractivity contribution is 6.43. The Morgan fingerprint density at radius 3 is 2.54 bits per heavy atom. The zero-order valence-corrected chi connectivity index (χ0v) is 15.8. The van der Waals surface area contributed by atoms with Crippen LogP contribution >= 0.6 is 23.2 Å². The molecule has 2 heterocycles. The standard InChI is InChI=1S/C17H20Cl2N4O3/c1-10-11(16(25)21-17(26)20-10)9-14(24)23-7-5-22(6-8-23)13-4-2-3-12(18)15(13)19/h2-4,10-11H,5-9H2,1H3,(H2,20,21,25,26). The molecule has 2 N–H and O–H groups in total. The van der Waals surface area contributed by atoms with E-state index in [2.05, 4.69) is 15.5 Å². The highest BCUT2D eigenvalue weighted by atomic mass is 35.5. The highest BCUT2D eigenvalue weighted by Crippen LogP contribution is 2.33. The van der Waals surface area contributed by atoms with Crippen molar-refractivity contribution in [1.29, 1.82) is 0 Å². The second-order valence-corrected chi connectivity index (χ2v) is 7.29. The third-order valence-electron chi connectivity index (χ3n) is 4.83. The molecule has 3 rings (SSSR count). The number of anilines is 1. The van der Waals surface area contributed by atoms with Crippen molar-refractivity contribution in [1.82, 2.24) is 15.5 Å². The van der Waals surface area contributed by atoms with Gasteiger partial charge in [-0.2, -0.15) is 0 Å². The SMILES string of the molecule is CC1NC(=O)NC(=O)C1CC(=O)N1CCN(c2cccc(Cl)c2Cl)CC1. The molecule has 0 spiro atoms. The molecule has 1 aromatic rings. The summed E-state index contributed by atoms with van der Waals surface area (Å²) in [6.45, 7) is 4.07. The molecule has 140 valence electrons. The first-order valence-corrected chi connectivity index (χ1v) is 9.20. The molecule has 0 radical (unpaired) electrons. The maximum atomic E-state index is 12.6. The van der Waals surface area contributed by atoms with E-state index in [0.29, 0.717) is 36.2 Å². The molecule has 4 amide bonds. The number of hydrogen-bond donors (Lipinski definition) is 2. The third-order valence-corrected chi connectivity index (χ3v) is 5.64. The van der Waals surface area contributed by atoms with Gasteiger partial charge in [0.15, 0.2) is 0 Å². The predicted molar refractivity (Wildman–Crippen MR) is 99.5 cm³/mol. The van der Waals surface area contributed by atoms with Crippen LogP contribution in [0.5, 0.6) is 0 Å². The number of carbonyl (C=O) groups excluding carboxylic acids is 3. The number of rotatable bonds is 3. The van der Waals surface area contributed by atoms with Crippen molar-refractivity contribution in [2.45, 2.75) is 19.4 Å². The van der Waals surface area contributed by atoms with E-state index in [1.807, 2.05) is 12.1 Å². The van der Waals surface area contributed by atoms with E-state index in [1.54, 1.807) is 17.9 Å². The topological polar surface area (TPSA) is 81.8 Å². The molecule has 2 unspecified atom stereocenters. The summed E-state index contributed by atoms with van der Waals surface area (Å²) in [5, 5.41) is 5.86. The van der Waals surface area contributed by atoms with Crippen LogP contribution in [0.1, 0.15) is 13.3 Å².